The molecule has 4 rings (SSSR count). The van der Waals surface area contributed by atoms with Crippen LogP contribution in [0.25, 0.3) is 11.1 Å². The van der Waals surface area contributed by atoms with Crippen LogP contribution in [0.2, 0.25) is 0 Å². The van der Waals surface area contributed by atoms with Gasteiger partial charge in [0.15, 0.2) is 11.5 Å². The second kappa shape index (κ2) is 6.32. The molecule has 5 nitrogen and oxygen atoms in total. The molecule has 2 atom stereocenters. The maximum atomic E-state index is 12.5. The largest absolute Gasteiger partial charge is 0.440 e. The number of aromatic nitrogens is 1. The van der Waals surface area contributed by atoms with Crippen LogP contribution in [0, 0.1) is 0 Å². The summed E-state index contributed by atoms with van der Waals surface area (Å²) in [5.41, 5.74) is 1.72. The minimum Gasteiger partial charge on any atom is -0.440 e. The van der Waals surface area contributed by atoms with Gasteiger partial charge in [-0.25, -0.2) is 4.98 Å². The Balaban J connectivity index is 1.44. The summed E-state index contributed by atoms with van der Waals surface area (Å²) in [7, 11) is 0. The van der Waals surface area contributed by atoms with E-state index in [0.29, 0.717) is 13.0 Å². The van der Waals surface area contributed by atoms with Crippen LogP contribution >= 0.6 is 0 Å². The Kier molecular flexibility index (Phi) is 4.04. The van der Waals surface area contributed by atoms with E-state index in [9.17, 15) is 4.79 Å². The molecule has 1 aromatic heterocycles. The van der Waals surface area contributed by atoms with Crippen LogP contribution in [0.4, 0.5) is 0 Å². The fraction of sp³-hybridized carbons (Fsp3) is 0.556. The first-order chi connectivity index (χ1) is 11.3. The molecule has 0 unspecified atom stereocenters. The second-order valence-electron chi connectivity index (χ2n) is 6.54. The zero-order valence-electron chi connectivity index (χ0n) is 13.2. The number of rotatable bonds is 3. The number of hydrogen-bond donors (Lipinski definition) is 0. The molecule has 0 N–H and O–H groups in total. The summed E-state index contributed by atoms with van der Waals surface area (Å²) in [6, 6.07) is 7.82. The molecule has 0 radical (unpaired) electrons. The number of fused-ring (bicyclic) bond motifs is 1. The molecule has 2 fully saturated rings. The molecule has 1 amide bonds. The van der Waals surface area contributed by atoms with Gasteiger partial charge in [0, 0.05) is 19.7 Å². The number of nitrogens with zero attached hydrogens (tertiary/aromatic N) is 2. The van der Waals surface area contributed by atoms with E-state index in [4.69, 9.17) is 9.15 Å². The molecule has 3 heterocycles. The molecule has 0 bridgehead atoms. The molecule has 5 heteroatoms. The van der Waals surface area contributed by atoms with Gasteiger partial charge in [-0.05, 0) is 37.8 Å². The van der Waals surface area contributed by atoms with Gasteiger partial charge < -0.3 is 14.1 Å². The lowest BCUT2D eigenvalue weighted by atomic mass is 9.97. The van der Waals surface area contributed by atoms with Gasteiger partial charge >= 0.3 is 0 Å². The van der Waals surface area contributed by atoms with Crippen molar-refractivity contribution in [1.29, 1.82) is 0 Å². The monoisotopic (exact) mass is 314 g/mol. The van der Waals surface area contributed by atoms with Gasteiger partial charge in [-0.2, -0.15) is 0 Å². The third-order valence-corrected chi connectivity index (χ3v) is 4.86. The van der Waals surface area contributed by atoms with E-state index >= 15 is 0 Å². The van der Waals surface area contributed by atoms with Crippen LogP contribution in [0.5, 0.6) is 0 Å². The molecule has 0 saturated carbocycles. The lowest BCUT2D eigenvalue weighted by Gasteiger charge is -2.32. The number of carbonyl (C=O) groups is 1. The molecule has 0 aliphatic carbocycles. The zero-order valence-corrected chi connectivity index (χ0v) is 13.2. The number of likely N-dealkylation sites (tertiary alicyclic amines) is 1. The topological polar surface area (TPSA) is 55.6 Å². The Hall–Kier alpha value is -1.88. The summed E-state index contributed by atoms with van der Waals surface area (Å²) >= 11 is 0. The average molecular weight is 314 g/mol. The number of oxazole rings is 1. The normalized spacial score (nSPS) is 25.1. The van der Waals surface area contributed by atoms with Crippen molar-refractivity contribution in [3.63, 3.8) is 0 Å². The van der Waals surface area contributed by atoms with Crippen LogP contribution in [-0.2, 0) is 9.53 Å². The van der Waals surface area contributed by atoms with Crippen molar-refractivity contribution in [3.8, 4) is 0 Å². The Morgan fingerprint density at radius 1 is 1.26 bits per heavy atom. The van der Waals surface area contributed by atoms with Crippen LogP contribution in [-0.4, -0.2) is 41.6 Å². The maximum absolute atomic E-state index is 12.5. The quantitative estimate of drug-likeness (QED) is 0.873. The molecule has 122 valence electrons. The summed E-state index contributed by atoms with van der Waals surface area (Å²) < 4.78 is 11.5. The predicted octanol–water partition coefficient (Wildman–Crippen LogP) is 3.10. The minimum atomic E-state index is 0.118. The number of carbonyl (C=O) groups excluding carboxylic acids is 1. The molecule has 0 spiro atoms. The van der Waals surface area contributed by atoms with E-state index in [1.54, 1.807) is 0 Å². The van der Waals surface area contributed by atoms with Crippen molar-refractivity contribution in [1.82, 2.24) is 9.88 Å². The van der Waals surface area contributed by atoms with E-state index < -0.39 is 0 Å². The summed E-state index contributed by atoms with van der Waals surface area (Å²) in [6.07, 6.45) is 4.74. The van der Waals surface area contributed by atoms with Crippen molar-refractivity contribution in [2.75, 3.05) is 19.7 Å². The van der Waals surface area contributed by atoms with Crippen molar-refractivity contribution >= 4 is 17.0 Å². The number of para-hydroxylation sites is 2. The van der Waals surface area contributed by atoms with E-state index in [1.807, 2.05) is 29.2 Å². The van der Waals surface area contributed by atoms with Crippen molar-refractivity contribution < 1.29 is 13.9 Å². The molecule has 2 saturated heterocycles. The van der Waals surface area contributed by atoms with E-state index in [2.05, 4.69) is 4.98 Å². The van der Waals surface area contributed by atoms with Crippen molar-refractivity contribution in [2.45, 2.75) is 44.1 Å². The highest BCUT2D eigenvalue weighted by Gasteiger charge is 2.30. The number of benzene rings is 1. The van der Waals surface area contributed by atoms with Crippen LogP contribution in [0.3, 0.4) is 0 Å². The summed E-state index contributed by atoms with van der Waals surface area (Å²) in [5.74, 6) is 1.17. The van der Waals surface area contributed by atoms with Gasteiger partial charge in [-0.3, -0.25) is 4.79 Å². The summed E-state index contributed by atoms with van der Waals surface area (Å²) in [4.78, 5) is 19.1. The lowest BCUT2D eigenvalue weighted by molar-refractivity contribution is -0.134. The average Bonchev–Trinajstić information content (AvgIpc) is 3.24. The highest BCUT2D eigenvalue weighted by Crippen LogP contribution is 2.29. The van der Waals surface area contributed by atoms with Gasteiger partial charge in [0.1, 0.15) is 5.52 Å². The first-order valence-electron chi connectivity index (χ1n) is 8.54. The number of hydrogen-bond acceptors (Lipinski definition) is 4. The van der Waals surface area contributed by atoms with Crippen molar-refractivity contribution in [3.05, 3.63) is 30.2 Å². The van der Waals surface area contributed by atoms with Gasteiger partial charge in [-0.15, -0.1) is 0 Å². The Labute approximate surface area is 135 Å². The van der Waals surface area contributed by atoms with E-state index in [0.717, 1.165) is 55.8 Å². The minimum absolute atomic E-state index is 0.118. The molecule has 2 aliphatic heterocycles. The Morgan fingerprint density at radius 2 is 2.17 bits per heavy atom. The zero-order chi connectivity index (χ0) is 15.6. The smallest absolute Gasteiger partial charge is 0.225 e. The predicted molar refractivity (Wildman–Crippen MR) is 86.2 cm³/mol. The molecular weight excluding hydrogens is 292 g/mol. The third-order valence-electron chi connectivity index (χ3n) is 4.86. The molecule has 2 aromatic rings. The Bertz CT molecular complexity index is 657. The summed E-state index contributed by atoms with van der Waals surface area (Å²) in [6.45, 7) is 2.34. The summed E-state index contributed by atoms with van der Waals surface area (Å²) in [5, 5.41) is 0. The highest BCUT2D eigenvalue weighted by molar-refractivity contribution is 5.77. The first kappa shape index (κ1) is 14.7. The molecule has 1 aromatic carbocycles. The highest BCUT2D eigenvalue weighted by atomic mass is 16.5. The van der Waals surface area contributed by atoms with Gasteiger partial charge in [0.25, 0.3) is 0 Å². The van der Waals surface area contributed by atoms with E-state index in [-0.39, 0.29) is 17.9 Å². The Morgan fingerprint density at radius 3 is 3.00 bits per heavy atom. The fourth-order valence-corrected chi connectivity index (χ4v) is 3.60. The number of ether oxygens (including phenoxy) is 1. The molecule has 2 aliphatic rings. The molecular formula is C18H22N2O3. The first-order valence-corrected chi connectivity index (χ1v) is 8.54. The fourth-order valence-electron chi connectivity index (χ4n) is 3.60. The van der Waals surface area contributed by atoms with E-state index in [1.165, 1.54) is 0 Å². The molecule has 23 heavy (non-hydrogen) atoms. The van der Waals surface area contributed by atoms with Crippen LogP contribution in [0.1, 0.15) is 43.9 Å². The SMILES string of the molecule is O=C(C[C@@H]1CCCO1)N1CCC[C@@H](c2nc3ccccc3o2)C1. The standard InChI is InChI=1S/C18H22N2O3/c21-17(11-14-6-4-10-22-14)20-9-3-5-13(12-20)18-19-15-7-1-2-8-16(15)23-18/h1-2,7-8,13-14H,3-6,9-12H2/t13-,14+/m1/s1. The van der Waals surface area contributed by atoms with Crippen LogP contribution < -0.4 is 0 Å². The number of amides is 1. The maximum Gasteiger partial charge on any atom is 0.225 e. The second-order valence-corrected chi connectivity index (χ2v) is 6.54. The third kappa shape index (κ3) is 3.11. The van der Waals surface area contributed by atoms with Gasteiger partial charge in [0.05, 0.1) is 18.4 Å². The number of piperidine rings is 1. The van der Waals surface area contributed by atoms with Gasteiger partial charge in [-0.1, -0.05) is 12.1 Å². The van der Waals surface area contributed by atoms with Crippen molar-refractivity contribution in [2.24, 2.45) is 0 Å². The van der Waals surface area contributed by atoms with Crippen LogP contribution in [0.15, 0.2) is 28.7 Å². The van der Waals surface area contributed by atoms with Gasteiger partial charge in [0.2, 0.25) is 5.91 Å². The lowest BCUT2D eigenvalue weighted by Crippen LogP contribution is -2.40.